The summed E-state index contributed by atoms with van der Waals surface area (Å²) in [6.45, 7) is 5.24. The number of hydrogen-bond acceptors (Lipinski definition) is 3. The summed E-state index contributed by atoms with van der Waals surface area (Å²) in [5, 5.41) is 0. The second-order valence-corrected chi connectivity index (χ2v) is 7.03. The predicted molar refractivity (Wildman–Crippen MR) is 72.7 cm³/mol. The van der Waals surface area contributed by atoms with Crippen LogP contribution in [0.25, 0.3) is 0 Å². The first-order chi connectivity index (χ1) is 8.41. The fraction of sp³-hybridized carbons (Fsp3) is 0.538. The van der Waals surface area contributed by atoms with E-state index < -0.39 is 10.0 Å². The highest BCUT2D eigenvalue weighted by Gasteiger charge is 2.29. The van der Waals surface area contributed by atoms with Crippen molar-refractivity contribution in [2.45, 2.75) is 31.6 Å². The number of nitrogens with zero attached hydrogens (tertiary/aromatic N) is 1. The largest absolute Gasteiger partial charge is 0.398 e. The van der Waals surface area contributed by atoms with E-state index in [4.69, 9.17) is 5.73 Å². The van der Waals surface area contributed by atoms with E-state index in [2.05, 4.69) is 6.92 Å². The quantitative estimate of drug-likeness (QED) is 0.834. The molecule has 0 aromatic heterocycles. The summed E-state index contributed by atoms with van der Waals surface area (Å²) in [7, 11) is -3.42. The van der Waals surface area contributed by atoms with E-state index in [0.29, 0.717) is 24.7 Å². The summed E-state index contributed by atoms with van der Waals surface area (Å²) in [6.07, 6.45) is 1.84. The molecule has 1 aromatic carbocycles. The van der Waals surface area contributed by atoms with E-state index in [-0.39, 0.29) is 4.90 Å². The number of anilines is 1. The van der Waals surface area contributed by atoms with Gasteiger partial charge in [-0.15, -0.1) is 0 Å². The maximum Gasteiger partial charge on any atom is 0.245 e. The van der Waals surface area contributed by atoms with Gasteiger partial charge in [-0.1, -0.05) is 13.0 Å². The zero-order chi connectivity index (χ0) is 13.3. The third kappa shape index (κ3) is 2.52. The first kappa shape index (κ1) is 13.4. The second kappa shape index (κ2) is 4.90. The van der Waals surface area contributed by atoms with Gasteiger partial charge in [-0.25, -0.2) is 8.42 Å². The van der Waals surface area contributed by atoms with Crippen molar-refractivity contribution in [1.29, 1.82) is 0 Å². The molecular formula is C13H20N2O2S. The minimum atomic E-state index is -3.42. The van der Waals surface area contributed by atoms with Crippen LogP contribution in [-0.2, 0) is 10.0 Å². The van der Waals surface area contributed by atoms with Crippen molar-refractivity contribution in [3.8, 4) is 0 Å². The Balaban J connectivity index is 2.30. The fourth-order valence-electron chi connectivity index (χ4n) is 2.27. The number of rotatable bonds is 2. The number of nitrogen functional groups attached to an aromatic ring is 1. The molecule has 2 rings (SSSR count). The average Bonchev–Trinajstić information content (AvgIpc) is 2.29. The Morgan fingerprint density at radius 2 is 1.89 bits per heavy atom. The van der Waals surface area contributed by atoms with Crippen LogP contribution in [0.2, 0.25) is 0 Å². The molecule has 1 aliphatic heterocycles. The van der Waals surface area contributed by atoms with Gasteiger partial charge in [-0.2, -0.15) is 4.31 Å². The first-order valence-corrected chi connectivity index (χ1v) is 7.71. The van der Waals surface area contributed by atoms with Gasteiger partial charge in [-0.05, 0) is 43.4 Å². The number of aryl methyl sites for hydroxylation is 1. The molecule has 0 atom stereocenters. The molecule has 1 aliphatic rings. The summed E-state index contributed by atoms with van der Waals surface area (Å²) in [4.78, 5) is 0.239. The van der Waals surface area contributed by atoms with Crippen LogP contribution < -0.4 is 5.73 Å². The lowest BCUT2D eigenvalue weighted by atomic mass is 10.0. The van der Waals surface area contributed by atoms with Crippen LogP contribution in [0.4, 0.5) is 5.69 Å². The normalized spacial score (nSPS) is 19.0. The van der Waals surface area contributed by atoms with Crippen LogP contribution in [0, 0.1) is 12.8 Å². The van der Waals surface area contributed by atoms with Crippen LogP contribution in [0.1, 0.15) is 25.3 Å². The van der Waals surface area contributed by atoms with Gasteiger partial charge in [0, 0.05) is 13.1 Å². The number of benzene rings is 1. The highest BCUT2D eigenvalue weighted by molar-refractivity contribution is 7.89. The highest BCUT2D eigenvalue weighted by Crippen LogP contribution is 2.27. The molecule has 2 N–H and O–H groups in total. The zero-order valence-electron chi connectivity index (χ0n) is 10.9. The van der Waals surface area contributed by atoms with E-state index in [0.717, 1.165) is 18.4 Å². The van der Waals surface area contributed by atoms with Gasteiger partial charge in [0.1, 0.15) is 4.90 Å². The van der Waals surface area contributed by atoms with Crippen molar-refractivity contribution >= 4 is 15.7 Å². The van der Waals surface area contributed by atoms with E-state index in [1.165, 1.54) is 0 Å². The fourth-order valence-corrected chi connectivity index (χ4v) is 3.83. The molecule has 0 radical (unpaired) electrons. The molecule has 0 unspecified atom stereocenters. The molecule has 5 heteroatoms. The molecule has 0 saturated carbocycles. The summed E-state index contributed by atoms with van der Waals surface area (Å²) in [6, 6.07) is 5.10. The number of piperidine rings is 1. The number of hydrogen-bond donors (Lipinski definition) is 1. The van der Waals surface area contributed by atoms with E-state index in [1.54, 1.807) is 22.5 Å². The third-order valence-electron chi connectivity index (χ3n) is 3.53. The summed E-state index contributed by atoms with van der Waals surface area (Å²) in [5.41, 5.74) is 7.15. The molecule has 100 valence electrons. The first-order valence-electron chi connectivity index (χ1n) is 6.27. The van der Waals surface area contributed by atoms with Crippen molar-refractivity contribution in [1.82, 2.24) is 4.31 Å². The number of nitrogens with two attached hydrogens (primary N) is 1. The van der Waals surface area contributed by atoms with Gasteiger partial charge < -0.3 is 5.73 Å². The smallest absolute Gasteiger partial charge is 0.245 e. The summed E-state index contributed by atoms with van der Waals surface area (Å²) in [5.74, 6) is 0.604. The molecular weight excluding hydrogens is 248 g/mol. The van der Waals surface area contributed by atoms with Gasteiger partial charge in [0.2, 0.25) is 10.0 Å². The lowest BCUT2D eigenvalue weighted by Gasteiger charge is -2.29. The molecule has 1 aromatic rings. The Morgan fingerprint density at radius 1 is 1.28 bits per heavy atom. The van der Waals surface area contributed by atoms with Gasteiger partial charge in [0.05, 0.1) is 5.69 Å². The Bertz CT molecular complexity index is 532. The van der Waals surface area contributed by atoms with Crippen molar-refractivity contribution in [3.05, 3.63) is 23.8 Å². The Labute approximate surface area is 109 Å². The minimum Gasteiger partial charge on any atom is -0.398 e. The van der Waals surface area contributed by atoms with E-state index in [1.807, 2.05) is 6.92 Å². The molecule has 1 fully saturated rings. The van der Waals surface area contributed by atoms with Crippen molar-refractivity contribution in [2.75, 3.05) is 18.8 Å². The number of sulfonamides is 1. The van der Waals surface area contributed by atoms with Crippen LogP contribution in [0.3, 0.4) is 0 Å². The SMILES string of the molecule is Cc1ccc(S(=O)(=O)N2CCC(C)CC2)c(N)c1. The highest BCUT2D eigenvalue weighted by atomic mass is 32.2. The topological polar surface area (TPSA) is 63.4 Å². The van der Waals surface area contributed by atoms with Crippen LogP contribution in [0.15, 0.2) is 23.1 Å². The maximum atomic E-state index is 12.5. The third-order valence-corrected chi connectivity index (χ3v) is 5.50. The standard InChI is InChI=1S/C13H20N2O2S/c1-10-5-7-15(8-6-10)18(16,17)13-4-3-11(2)9-12(13)14/h3-4,9-10H,5-8,14H2,1-2H3. The molecule has 0 amide bonds. The molecule has 0 spiro atoms. The van der Waals surface area contributed by atoms with Gasteiger partial charge >= 0.3 is 0 Å². The van der Waals surface area contributed by atoms with Crippen molar-refractivity contribution in [3.63, 3.8) is 0 Å². The minimum absolute atomic E-state index is 0.239. The van der Waals surface area contributed by atoms with Gasteiger partial charge in [-0.3, -0.25) is 0 Å². The van der Waals surface area contributed by atoms with Crippen LogP contribution >= 0.6 is 0 Å². The van der Waals surface area contributed by atoms with Crippen LogP contribution in [0.5, 0.6) is 0 Å². The predicted octanol–water partition coefficient (Wildman–Crippen LogP) is 2.00. The molecule has 0 aliphatic carbocycles. The average molecular weight is 268 g/mol. The Hall–Kier alpha value is -1.07. The van der Waals surface area contributed by atoms with Crippen molar-refractivity contribution in [2.24, 2.45) is 5.92 Å². The molecule has 1 saturated heterocycles. The second-order valence-electron chi connectivity index (χ2n) is 5.13. The summed E-state index contributed by atoms with van der Waals surface area (Å²) >= 11 is 0. The van der Waals surface area contributed by atoms with Gasteiger partial charge in [0.15, 0.2) is 0 Å². The lowest BCUT2D eigenvalue weighted by Crippen LogP contribution is -2.38. The lowest BCUT2D eigenvalue weighted by molar-refractivity contribution is 0.288. The molecule has 1 heterocycles. The molecule has 18 heavy (non-hydrogen) atoms. The Morgan fingerprint density at radius 3 is 2.44 bits per heavy atom. The monoisotopic (exact) mass is 268 g/mol. The molecule has 4 nitrogen and oxygen atoms in total. The van der Waals surface area contributed by atoms with Gasteiger partial charge in [0.25, 0.3) is 0 Å². The summed E-state index contributed by atoms with van der Waals surface area (Å²) < 4.78 is 26.5. The Kier molecular flexibility index (Phi) is 3.64. The van der Waals surface area contributed by atoms with E-state index >= 15 is 0 Å². The molecule has 0 bridgehead atoms. The van der Waals surface area contributed by atoms with Crippen LogP contribution in [-0.4, -0.2) is 25.8 Å². The maximum absolute atomic E-state index is 12.5. The zero-order valence-corrected chi connectivity index (χ0v) is 11.7. The van der Waals surface area contributed by atoms with E-state index in [9.17, 15) is 8.42 Å². The van der Waals surface area contributed by atoms with Crippen molar-refractivity contribution < 1.29 is 8.42 Å².